The van der Waals surface area contributed by atoms with Gasteiger partial charge in [-0.1, -0.05) is 12.1 Å². The van der Waals surface area contributed by atoms with Crippen molar-refractivity contribution in [2.45, 2.75) is 0 Å². The third-order valence-electron chi connectivity index (χ3n) is 1.95. The van der Waals surface area contributed by atoms with Gasteiger partial charge in [0.2, 0.25) is 16.9 Å². The van der Waals surface area contributed by atoms with Crippen LogP contribution in [0.5, 0.6) is 11.6 Å². The average Bonchev–Trinajstić information content (AvgIpc) is 2.34. The number of hydrogen-bond donors (Lipinski definition) is 0. The van der Waals surface area contributed by atoms with Gasteiger partial charge < -0.3 is 4.74 Å². The topological polar surface area (TPSA) is 78.2 Å². The molecule has 0 aliphatic heterocycles. The van der Waals surface area contributed by atoms with E-state index in [9.17, 15) is 14.5 Å². The zero-order valence-electron chi connectivity index (χ0n) is 8.71. The summed E-state index contributed by atoms with van der Waals surface area (Å²) >= 11 is 5.48. The molecule has 0 bridgehead atoms. The molecule has 18 heavy (non-hydrogen) atoms. The molecular weight excluding hydrogens is 265 g/mol. The van der Waals surface area contributed by atoms with Crippen LogP contribution in [0.3, 0.4) is 0 Å². The number of aromatic nitrogens is 2. The monoisotopic (exact) mass is 269 g/mol. The van der Waals surface area contributed by atoms with Crippen molar-refractivity contribution in [1.82, 2.24) is 9.97 Å². The lowest BCUT2D eigenvalue weighted by molar-refractivity contribution is -0.385. The second-order valence-corrected chi connectivity index (χ2v) is 3.46. The first-order valence-electron chi connectivity index (χ1n) is 4.67. The molecule has 1 aromatic heterocycles. The summed E-state index contributed by atoms with van der Waals surface area (Å²) in [4.78, 5) is 17.0. The number of rotatable bonds is 3. The quantitative estimate of drug-likeness (QED) is 0.486. The molecule has 2 aromatic rings. The van der Waals surface area contributed by atoms with Crippen LogP contribution in [0.2, 0.25) is 5.28 Å². The third kappa shape index (κ3) is 2.51. The Morgan fingerprint density at radius 2 is 2.11 bits per heavy atom. The Labute approximate surface area is 105 Å². The lowest BCUT2D eigenvalue weighted by Crippen LogP contribution is -1.97. The third-order valence-corrected chi connectivity index (χ3v) is 2.13. The van der Waals surface area contributed by atoms with Crippen LogP contribution in [0.25, 0.3) is 0 Å². The van der Waals surface area contributed by atoms with E-state index in [-0.39, 0.29) is 16.7 Å². The number of para-hydroxylation sites is 2. The van der Waals surface area contributed by atoms with Crippen LogP contribution in [-0.2, 0) is 0 Å². The maximum atomic E-state index is 13.3. The van der Waals surface area contributed by atoms with Crippen LogP contribution in [0.15, 0.2) is 30.5 Å². The van der Waals surface area contributed by atoms with Gasteiger partial charge in [0.1, 0.15) is 0 Å². The highest BCUT2D eigenvalue weighted by molar-refractivity contribution is 6.28. The van der Waals surface area contributed by atoms with Crippen molar-refractivity contribution in [3.8, 4) is 11.6 Å². The fourth-order valence-electron chi connectivity index (χ4n) is 1.20. The second-order valence-electron chi connectivity index (χ2n) is 3.12. The van der Waals surface area contributed by atoms with Crippen LogP contribution < -0.4 is 4.74 Å². The van der Waals surface area contributed by atoms with E-state index < -0.39 is 16.6 Å². The van der Waals surface area contributed by atoms with E-state index in [1.807, 2.05) is 0 Å². The standard InChI is InChI=1S/C10H5ClFN3O3/c11-10-13-5-6(12)9(14-10)18-8-4-2-1-3-7(8)15(16)17/h1-5H. The molecule has 92 valence electrons. The molecule has 0 N–H and O–H groups in total. The summed E-state index contributed by atoms with van der Waals surface area (Å²) in [5, 5.41) is 10.5. The van der Waals surface area contributed by atoms with Gasteiger partial charge in [-0.3, -0.25) is 10.1 Å². The minimum Gasteiger partial charge on any atom is -0.429 e. The molecule has 0 radical (unpaired) electrons. The van der Waals surface area contributed by atoms with Gasteiger partial charge in [0.15, 0.2) is 0 Å². The Kier molecular flexibility index (Phi) is 3.33. The number of ether oxygens (including phenoxy) is 1. The van der Waals surface area contributed by atoms with Gasteiger partial charge in [0.05, 0.1) is 11.1 Å². The van der Waals surface area contributed by atoms with E-state index in [0.29, 0.717) is 0 Å². The van der Waals surface area contributed by atoms with E-state index in [4.69, 9.17) is 16.3 Å². The van der Waals surface area contributed by atoms with E-state index in [1.54, 1.807) is 0 Å². The summed E-state index contributed by atoms with van der Waals surface area (Å²) in [6.45, 7) is 0. The first kappa shape index (κ1) is 12.2. The Morgan fingerprint density at radius 1 is 1.39 bits per heavy atom. The Morgan fingerprint density at radius 3 is 2.83 bits per heavy atom. The van der Waals surface area contributed by atoms with Crippen molar-refractivity contribution in [3.63, 3.8) is 0 Å². The molecule has 0 aliphatic carbocycles. The SMILES string of the molecule is O=[N+]([O-])c1ccccc1Oc1nc(Cl)ncc1F. The summed E-state index contributed by atoms with van der Waals surface area (Å²) in [6.07, 6.45) is 0.819. The summed E-state index contributed by atoms with van der Waals surface area (Å²) in [7, 11) is 0. The van der Waals surface area contributed by atoms with E-state index in [1.165, 1.54) is 24.3 Å². The van der Waals surface area contributed by atoms with Crippen molar-refractivity contribution in [2.75, 3.05) is 0 Å². The molecule has 0 atom stereocenters. The van der Waals surface area contributed by atoms with Crippen LogP contribution in [0, 0.1) is 15.9 Å². The summed E-state index contributed by atoms with van der Waals surface area (Å²) in [5.74, 6) is -1.46. The number of nitrogens with zero attached hydrogens (tertiary/aromatic N) is 3. The lowest BCUT2D eigenvalue weighted by atomic mass is 10.3. The van der Waals surface area contributed by atoms with Gasteiger partial charge in [-0.2, -0.15) is 9.37 Å². The first-order valence-corrected chi connectivity index (χ1v) is 5.05. The van der Waals surface area contributed by atoms with Crippen LogP contribution in [-0.4, -0.2) is 14.9 Å². The van der Waals surface area contributed by atoms with Crippen molar-refractivity contribution in [3.05, 3.63) is 51.7 Å². The first-order chi connectivity index (χ1) is 8.58. The predicted molar refractivity (Wildman–Crippen MR) is 60.2 cm³/mol. The van der Waals surface area contributed by atoms with Crippen molar-refractivity contribution >= 4 is 17.3 Å². The van der Waals surface area contributed by atoms with Gasteiger partial charge in [-0.05, 0) is 17.7 Å². The van der Waals surface area contributed by atoms with Gasteiger partial charge in [0, 0.05) is 6.07 Å². The minimum absolute atomic E-state index is 0.129. The van der Waals surface area contributed by atoms with Crippen molar-refractivity contribution in [1.29, 1.82) is 0 Å². The average molecular weight is 270 g/mol. The molecule has 0 spiro atoms. The summed E-state index contributed by atoms with van der Waals surface area (Å²) in [5.41, 5.74) is -0.299. The highest BCUT2D eigenvalue weighted by Gasteiger charge is 2.17. The molecular formula is C10H5ClFN3O3. The predicted octanol–water partition coefficient (Wildman–Crippen LogP) is 2.97. The zero-order valence-corrected chi connectivity index (χ0v) is 9.46. The molecule has 0 fully saturated rings. The van der Waals surface area contributed by atoms with Crippen LogP contribution in [0.4, 0.5) is 10.1 Å². The molecule has 0 aliphatic rings. The highest BCUT2D eigenvalue weighted by atomic mass is 35.5. The zero-order chi connectivity index (χ0) is 13.1. The Balaban J connectivity index is 2.40. The maximum Gasteiger partial charge on any atom is 0.311 e. The molecule has 0 saturated heterocycles. The normalized spacial score (nSPS) is 10.1. The summed E-state index contributed by atoms with van der Waals surface area (Å²) in [6, 6.07) is 5.54. The van der Waals surface area contributed by atoms with E-state index >= 15 is 0 Å². The number of benzene rings is 1. The van der Waals surface area contributed by atoms with Crippen molar-refractivity contribution < 1.29 is 14.1 Å². The van der Waals surface area contributed by atoms with Crippen LogP contribution >= 0.6 is 11.6 Å². The van der Waals surface area contributed by atoms with Crippen molar-refractivity contribution in [2.24, 2.45) is 0 Å². The van der Waals surface area contributed by atoms with Gasteiger partial charge in [-0.15, -0.1) is 0 Å². The number of halogens is 2. The fraction of sp³-hybridized carbons (Fsp3) is 0. The minimum atomic E-state index is -0.863. The molecule has 0 saturated carbocycles. The number of hydrogen-bond acceptors (Lipinski definition) is 5. The second kappa shape index (κ2) is 4.92. The fourth-order valence-corrected chi connectivity index (χ4v) is 1.33. The summed E-state index contributed by atoms with van der Waals surface area (Å²) < 4.78 is 18.3. The molecule has 8 heteroatoms. The van der Waals surface area contributed by atoms with E-state index in [2.05, 4.69) is 9.97 Å². The van der Waals surface area contributed by atoms with Gasteiger partial charge in [0.25, 0.3) is 5.88 Å². The maximum absolute atomic E-state index is 13.3. The lowest BCUT2D eigenvalue weighted by Gasteiger charge is -2.05. The Bertz CT molecular complexity index is 609. The Hall–Kier alpha value is -2.28. The molecule has 0 unspecified atom stereocenters. The van der Waals surface area contributed by atoms with E-state index in [0.717, 1.165) is 6.20 Å². The van der Waals surface area contributed by atoms with Gasteiger partial charge in [-0.25, -0.2) is 4.98 Å². The largest absolute Gasteiger partial charge is 0.429 e. The highest BCUT2D eigenvalue weighted by Crippen LogP contribution is 2.31. The molecule has 6 nitrogen and oxygen atoms in total. The number of nitro groups is 1. The van der Waals surface area contributed by atoms with Gasteiger partial charge >= 0.3 is 5.69 Å². The van der Waals surface area contributed by atoms with Crippen LogP contribution in [0.1, 0.15) is 0 Å². The molecule has 1 heterocycles. The molecule has 1 aromatic carbocycles. The molecule has 2 rings (SSSR count). The number of nitro benzene ring substituents is 1. The smallest absolute Gasteiger partial charge is 0.311 e. The molecule has 0 amide bonds.